The average Bonchev–Trinajstić information content (AvgIpc) is 2.16. The van der Waals surface area contributed by atoms with E-state index in [4.69, 9.17) is 11.6 Å². The van der Waals surface area contributed by atoms with Gasteiger partial charge in [0.1, 0.15) is 0 Å². The number of alkyl halides is 1. The third kappa shape index (κ3) is 4.01. The highest BCUT2D eigenvalue weighted by molar-refractivity contribution is 7.99. The van der Waals surface area contributed by atoms with Gasteiger partial charge in [0.05, 0.1) is 5.03 Å². The van der Waals surface area contributed by atoms with Crippen LogP contribution in [0, 0.1) is 12.8 Å². The molecule has 1 atom stereocenters. The predicted octanol–water partition coefficient (Wildman–Crippen LogP) is 3.36. The van der Waals surface area contributed by atoms with Crippen molar-refractivity contribution in [1.29, 1.82) is 0 Å². The van der Waals surface area contributed by atoms with Crippen LogP contribution in [0.15, 0.2) is 23.4 Å². The van der Waals surface area contributed by atoms with Crippen molar-refractivity contribution in [3.8, 4) is 0 Å². The summed E-state index contributed by atoms with van der Waals surface area (Å²) in [7, 11) is 0. The number of hydrogen-bond acceptors (Lipinski definition) is 2. The number of pyridine rings is 1. The first-order valence-corrected chi connectivity index (χ1v) is 5.86. The van der Waals surface area contributed by atoms with Gasteiger partial charge in [0.2, 0.25) is 0 Å². The molecule has 0 N–H and O–H groups in total. The highest BCUT2D eigenvalue weighted by atomic mass is 35.5. The molecule has 1 heterocycles. The molecule has 72 valence electrons. The van der Waals surface area contributed by atoms with Crippen LogP contribution in [-0.2, 0) is 0 Å². The van der Waals surface area contributed by atoms with E-state index in [2.05, 4.69) is 24.0 Å². The fraction of sp³-hybridized carbons (Fsp3) is 0.500. The summed E-state index contributed by atoms with van der Waals surface area (Å²) in [4.78, 5) is 4.30. The van der Waals surface area contributed by atoms with Gasteiger partial charge in [0.15, 0.2) is 0 Å². The summed E-state index contributed by atoms with van der Waals surface area (Å²) in [6.07, 6.45) is 1.90. The Hall–Kier alpha value is -0.210. The number of aromatic nitrogens is 1. The van der Waals surface area contributed by atoms with Gasteiger partial charge in [-0.05, 0) is 24.5 Å². The molecule has 0 spiro atoms. The lowest BCUT2D eigenvalue weighted by atomic mass is 10.3. The highest BCUT2D eigenvalue weighted by Gasteiger charge is 2.01. The third-order valence-corrected chi connectivity index (χ3v) is 3.46. The first kappa shape index (κ1) is 10.9. The van der Waals surface area contributed by atoms with Crippen molar-refractivity contribution in [2.24, 2.45) is 5.92 Å². The lowest BCUT2D eigenvalue weighted by Crippen LogP contribution is -1.99. The minimum atomic E-state index is 0.551. The van der Waals surface area contributed by atoms with Crippen LogP contribution >= 0.6 is 23.4 Å². The second-order valence-electron chi connectivity index (χ2n) is 3.24. The van der Waals surface area contributed by atoms with Gasteiger partial charge in [0, 0.05) is 17.8 Å². The molecule has 0 aliphatic heterocycles. The van der Waals surface area contributed by atoms with E-state index in [0.717, 1.165) is 16.7 Å². The van der Waals surface area contributed by atoms with Gasteiger partial charge in [-0.3, -0.25) is 0 Å². The van der Waals surface area contributed by atoms with Crippen molar-refractivity contribution in [2.75, 3.05) is 11.6 Å². The van der Waals surface area contributed by atoms with Gasteiger partial charge in [-0.25, -0.2) is 4.98 Å². The summed E-state index contributed by atoms with van der Waals surface area (Å²) in [5.41, 5.74) is 1.20. The SMILES string of the molecule is Cc1ccc(SCC(C)CCl)nc1. The van der Waals surface area contributed by atoms with Gasteiger partial charge >= 0.3 is 0 Å². The van der Waals surface area contributed by atoms with Crippen LogP contribution in [-0.4, -0.2) is 16.6 Å². The Bertz CT molecular complexity index is 248. The van der Waals surface area contributed by atoms with E-state index in [-0.39, 0.29) is 0 Å². The quantitative estimate of drug-likeness (QED) is 0.565. The molecule has 13 heavy (non-hydrogen) atoms. The zero-order valence-corrected chi connectivity index (χ0v) is 9.53. The first-order chi connectivity index (χ1) is 6.22. The highest BCUT2D eigenvalue weighted by Crippen LogP contribution is 2.18. The molecule has 0 amide bonds. The van der Waals surface area contributed by atoms with Crippen LogP contribution in [0.25, 0.3) is 0 Å². The maximum atomic E-state index is 5.71. The van der Waals surface area contributed by atoms with E-state index in [0.29, 0.717) is 5.92 Å². The molecule has 0 radical (unpaired) electrons. The first-order valence-electron chi connectivity index (χ1n) is 4.34. The fourth-order valence-corrected chi connectivity index (χ4v) is 1.91. The van der Waals surface area contributed by atoms with Crippen LogP contribution in [0.1, 0.15) is 12.5 Å². The molecule has 1 nitrogen and oxygen atoms in total. The Morgan fingerprint density at radius 1 is 1.54 bits per heavy atom. The summed E-state index contributed by atoms with van der Waals surface area (Å²) < 4.78 is 0. The second kappa shape index (κ2) is 5.51. The van der Waals surface area contributed by atoms with E-state index in [9.17, 15) is 0 Å². The topological polar surface area (TPSA) is 12.9 Å². The van der Waals surface area contributed by atoms with Crippen molar-refractivity contribution in [3.05, 3.63) is 23.9 Å². The molecular formula is C10H14ClNS. The zero-order valence-electron chi connectivity index (χ0n) is 7.96. The summed E-state index contributed by atoms with van der Waals surface area (Å²) in [5.74, 6) is 2.31. The second-order valence-corrected chi connectivity index (χ2v) is 4.59. The Morgan fingerprint density at radius 2 is 2.31 bits per heavy atom. The van der Waals surface area contributed by atoms with Gasteiger partial charge in [-0.15, -0.1) is 23.4 Å². The molecule has 3 heteroatoms. The van der Waals surface area contributed by atoms with Crippen LogP contribution < -0.4 is 0 Å². The lowest BCUT2D eigenvalue weighted by Gasteiger charge is -2.05. The number of rotatable bonds is 4. The zero-order chi connectivity index (χ0) is 9.68. The molecule has 0 fully saturated rings. The maximum absolute atomic E-state index is 5.71. The minimum Gasteiger partial charge on any atom is -0.250 e. The molecule has 0 saturated carbocycles. The largest absolute Gasteiger partial charge is 0.250 e. The van der Waals surface area contributed by atoms with Crippen LogP contribution in [0.4, 0.5) is 0 Å². The van der Waals surface area contributed by atoms with E-state index in [1.54, 1.807) is 11.8 Å². The molecule has 0 aliphatic carbocycles. The summed E-state index contributed by atoms with van der Waals surface area (Å²) >= 11 is 7.48. The normalized spacial score (nSPS) is 12.8. The van der Waals surface area contributed by atoms with Gasteiger partial charge in [-0.2, -0.15) is 0 Å². The Labute approximate surface area is 88.9 Å². The molecule has 0 aromatic carbocycles. The van der Waals surface area contributed by atoms with Crippen molar-refractivity contribution in [2.45, 2.75) is 18.9 Å². The number of nitrogens with zero attached hydrogens (tertiary/aromatic N) is 1. The van der Waals surface area contributed by atoms with Crippen molar-refractivity contribution in [3.63, 3.8) is 0 Å². The van der Waals surface area contributed by atoms with Crippen molar-refractivity contribution in [1.82, 2.24) is 4.98 Å². The monoisotopic (exact) mass is 215 g/mol. The third-order valence-electron chi connectivity index (χ3n) is 1.66. The number of aryl methyl sites for hydroxylation is 1. The summed E-state index contributed by atoms with van der Waals surface area (Å²) in [6, 6.07) is 4.14. The number of thioether (sulfide) groups is 1. The predicted molar refractivity (Wildman–Crippen MR) is 59.6 cm³/mol. The van der Waals surface area contributed by atoms with Gasteiger partial charge in [-0.1, -0.05) is 13.0 Å². The molecule has 1 aromatic heterocycles. The molecule has 1 unspecified atom stereocenters. The minimum absolute atomic E-state index is 0.551. The van der Waals surface area contributed by atoms with Crippen LogP contribution in [0.3, 0.4) is 0 Å². The molecule has 1 rings (SSSR count). The van der Waals surface area contributed by atoms with E-state index < -0.39 is 0 Å². The van der Waals surface area contributed by atoms with E-state index in [1.807, 2.05) is 13.1 Å². The molecule has 0 aliphatic rings. The maximum Gasteiger partial charge on any atom is 0.0960 e. The molecular weight excluding hydrogens is 202 g/mol. The lowest BCUT2D eigenvalue weighted by molar-refractivity contribution is 0.758. The van der Waals surface area contributed by atoms with Crippen molar-refractivity contribution >= 4 is 23.4 Å². The molecule has 1 aromatic rings. The standard InChI is InChI=1S/C10H14ClNS/c1-8-3-4-10(12-6-8)13-7-9(2)5-11/h3-4,6,9H,5,7H2,1-2H3. The fourth-order valence-electron chi connectivity index (χ4n) is 0.812. The van der Waals surface area contributed by atoms with E-state index in [1.165, 1.54) is 5.56 Å². The smallest absolute Gasteiger partial charge is 0.0960 e. The Balaban J connectivity index is 2.41. The van der Waals surface area contributed by atoms with Crippen LogP contribution in [0.2, 0.25) is 0 Å². The number of hydrogen-bond donors (Lipinski definition) is 0. The average molecular weight is 216 g/mol. The number of halogens is 1. The van der Waals surface area contributed by atoms with E-state index >= 15 is 0 Å². The van der Waals surface area contributed by atoms with Gasteiger partial charge in [0.25, 0.3) is 0 Å². The van der Waals surface area contributed by atoms with Crippen LogP contribution in [0.5, 0.6) is 0 Å². The van der Waals surface area contributed by atoms with Crippen molar-refractivity contribution < 1.29 is 0 Å². The van der Waals surface area contributed by atoms with Gasteiger partial charge < -0.3 is 0 Å². The summed E-state index contributed by atoms with van der Waals surface area (Å²) in [5, 5.41) is 1.09. The Morgan fingerprint density at radius 3 is 2.85 bits per heavy atom. The Kier molecular flexibility index (Phi) is 4.60. The molecule has 0 saturated heterocycles. The summed E-state index contributed by atoms with van der Waals surface area (Å²) in [6.45, 7) is 4.19. The molecule has 0 bridgehead atoms.